The maximum atomic E-state index is 12.7. The number of ether oxygens (including phenoxy) is 2. The van der Waals surface area contributed by atoms with Crippen LogP contribution in [0.2, 0.25) is 0 Å². The van der Waals surface area contributed by atoms with Gasteiger partial charge in [0.25, 0.3) is 5.89 Å². The van der Waals surface area contributed by atoms with Gasteiger partial charge in [0.1, 0.15) is 5.58 Å². The average Bonchev–Trinajstić information content (AvgIpc) is 3.35. The van der Waals surface area contributed by atoms with E-state index in [0.29, 0.717) is 17.0 Å². The molecule has 0 N–H and O–H groups in total. The summed E-state index contributed by atoms with van der Waals surface area (Å²) >= 11 is 0. The van der Waals surface area contributed by atoms with Gasteiger partial charge in [0.15, 0.2) is 6.10 Å². The number of esters is 1. The molecule has 0 spiro atoms. The van der Waals surface area contributed by atoms with Gasteiger partial charge in [-0.1, -0.05) is 35.9 Å². The first-order valence-electron chi connectivity index (χ1n) is 9.17. The molecule has 29 heavy (non-hydrogen) atoms. The Bertz CT molecular complexity index is 1140. The van der Waals surface area contributed by atoms with Crippen molar-refractivity contribution in [3.05, 3.63) is 71.3 Å². The Balaban J connectivity index is 1.55. The van der Waals surface area contributed by atoms with E-state index in [9.17, 15) is 4.79 Å². The summed E-state index contributed by atoms with van der Waals surface area (Å²) < 4.78 is 22.2. The van der Waals surface area contributed by atoms with Crippen LogP contribution in [0.15, 0.2) is 57.4 Å². The quantitative estimate of drug-likeness (QED) is 0.433. The normalized spacial score (nSPS) is 12.2. The van der Waals surface area contributed by atoms with Gasteiger partial charge in [0.05, 0.1) is 6.61 Å². The van der Waals surface area contributed by atoms with Crippen LogP contribution < -0.4 is 0 Å². The molecular formula is C22H20N2O5. The van der Waals surface area contributed by atoms with Crippen molar-refractivity contribution in [3.63, 3.8) is 0 Å². The molecule has 0 aliphatic heterocycles. The Labute approximate surface area is 167 Å². The SMILES string of the molecule is COCc1c(C(=O)O[C@H](C)c2nnc(-c3ccc(C)cc3)o2)oc2ccccc12. The number of methoxy groups -OCH3 is 1. The minimum absolute atomic E-state index is 0.109. The third-order valence-electron chi connectivity index (χ3n) is 4.54. The van der Waals surface area contributed by atoms with Gasteiger partial charge in [-0.15, -0.1) is 10.2 Å². The molecule has 0 amide bonds. The fourth-order valence-electron chi connectivity index (χ4n) is 3.03. The summed E-state index contributed by atoms with van der Waals surface area (Å²) in [7, 11) is 1.56. The van der Waals surface area contributed by atoms with Crippen LogP contribution in [-0.4, -0.2) is 23.3 Å². The molecule has 0 bridgehead atoms. The standard InChI is InChI=1S/C22H20N2O5/c1-13-8-10-15(11-9-13)21-24-23-20(29-21)14(2)27-22(25)19-17(12-26-3)16-6-4-5-7-18(16)28-19/h4-11,14H,12H2,1-3H3/t14-/m1/s1. The first kappa shape index (κ1) is 18.9. The molecule has 2 aromatic carbocycles. The first-order chi connectivity index (χ1) is 14.1. The maximum Gasteiger partial charge on any atom is 0.375 e. The second-order valence-corrected chi connectivity index (χ2v) is 6.70. The van der Waals surface area contributed by atoms with Crippen molar-refractivity contribution in [2.75, 3.05) is 7.11 Å². The number of para-hydroxylation sites is 1. The molecule has 0 saturated carbocycles. The second kappa shape index (κ2) is 7.89. The van der Waals surface area contributed by atoms with Gasteiger partial charge < -0.3 is 18.3 Å². The van der Waals surface area contributed by atoms with Gasteiger partial charge in [-0.25, -0.2) is 4.79 Å². The lowest BCUT2D eigenvalue weighted by Crippen LogP contribution is -2.11. The van der Waals surface area contributed by atoms with Crippen molar-refractivity contribution in [1.82, 2.24) is 10.2 Å². The molecule has 148 valence electrons. The highest BCUT2D eigenvalue weighted by molar-refractivity contribution is 5.96. The molecule has 0 fully saturated rings. The van der Waals surface area contributed by atoms with Crippen LogP contribution >= 0.6 is 0 Å². The minimum Gasteiger partial charge on any atom is -0.449 e. The summed E-state index contributed by atoms with van der Waals surface area (Å²) in [5, 5.41) is 8.87. The van der Waals surface area contributed by atoms with Crippen molar-refractivity contribution in [1.29, 1.82) is 0 Å². The Morgan fingerprint density at radius 2 is 1.83 bits per heavy atom. The highest BCUT2D eigenvalue weighted by atomic mass is 16.6. The molecule has 0 radical (unpaired) electrons. The molecule has 4 aromatic rings. The summed E-state index contributed by atoms with van der Waals surface area (Å²) in [5.74, 6) is 0.0686. The summed E-state index contributed by atoms with van der Waals surface area (Å²) in [6.45, 7) is 3.90. The lowest BCUT2D eigenvalue weighted by molar-refractivity contribution is 0.0241. The van der Waals surface area contributed by atoms with E-state index in [1.54, 1.807) is 20.1 Å². The third-order valence-corrected chi connectivity index (χ3v) is 4.54. The zero-order chi connectivity index (χ0) is 20.4. The van der Waals surface area contributed by atoms with Crippen molar-refractivity contribution < 1.29 is 23.1 Å². The highest BCUT2D eigenvalue weighted by Crippen LogP contribution is 2.29. The number of aryl methyl sites for hydroxylation is 1. The molecule has 7 heteroatoms. The van der Waals surface area contributed by atoms with Gasteiger partial charge in [-0.2, -0.15) is 0 Å². The Morgan fingerprint density at radius 1 is 1.07 bits per heavy atom. The fourth-order valence-corrected chi connectivity index (χ4v) is 3.03. The molecule has 0 aliphatic rings. The average molecular weight is 392 g/mol. The predicted molar refractivity (Wildman–Crippen MR) is 105 cm³/mol. The largest absolute Gasteiger partial charge is 0.449 e. The third kappa shape index (κ3) is 3.77. The molecule has 4 rings (SSSR count). The van der Waals surface area contributed by atoms with Gasteiger partial charge >= 0.3 is 5.97 Å². The Kier molecular flexibility index (Phi) is 5.14. The molecule has 7 nitrogen and oxygen atoms in total. The monoisotopic (exact) mass is 392 g/mol. The molecule has 1 atom stereocenters. The zero-order valence-electron chi connectivity index (χ0n) is 16.3. The summed E-state index contributed by atoms with van der Waals surface area (Å²) in [5.41, 5.74) is 3.17. The molecule has 2 heterocycles. The van der Waals surface area contributed by atoms with Crippen molar-refractivity contribution in [2.45, 2.75) is 26.6 Å². The summed E-state index contributed by atoms with van der Waals surface area (Å²) in [4.78, 5) is 12.7. The topological polar surface area (TPSA) is 87.6 Å². The van der Waals surface area contributed by atoms with E-state index in [4.69, 9.17) is 18.3 Å². The fraction of sp³-hybridized carbons (Fsp3) is 0.227. The number of nitrogens with zero attached hydrogens (tertiary/aromatic N) is 2. The smallest absolute Gasteiger partial charge is 0.375 e. The number of aromatic nitrogens is 2. The number of rotatable bonds is 6. The predicted octanol–water partition coefficient (Wildman–Crippen LogP) is 4.86. The van der Waals surface area contributed by atoms with Gasteiger partial charge in [-0.05, 0) is 32.0 Å². The molecule has 2 aromatic heterocycles. The lowest BCUT2D eigenvalue weighted by Gasteiger charge is -2.09. The number of furan rings is 1. The minimum atomic E-state index is -0.738. The van der Waals surface area contributed by atoms with Crippen LogP contribution in [0.1, 0.15) is 40.6 Å². The van der Waals surface area contributed by atoms with E-state index in [1.165, 1.54) is 0 Å². The number of carbonyl (C=O) groups is 1. The lowest BCUT2D eigenvalue weighted by atomic mass is 10.1. The van der Waals surface area contributed by atoms with Gasteiger partial charge in [-0.3, -0.25) is 0 Å². The van der Waals surface area contributed by atoms with Gasteiger partial charge in [0.2, 0.25) is 11.7 Å². The number of hydrogen-bond donors (Lipinski definition) is 0. The molecule has 0 aliphatic carbocycles. The zero-order valence-corrected chi connectivity index (χ0v) is 16.3. The molecule has 0 unspecified atom stereocenters. The van der Waals surface area contributed by atoms with E-state index in [2.05, 4.69) is 10.2 Å². The summed E-state index contributed by atoms with van der Waals surface area (Å²) in [6.07, 6.45) is -0.738. The van der Waals surface area contributed by atoms with Crippen molar-refractivity contribution >= 4 is 16.9 Å². The van der Waals surface area contributed by atoms with Crippen LogP contribution in [0.5, 0.6) is 0 Å². The summed E-state index contributed by atoms with van der Waals surface area (Å²) in [6, 6.07) is 15.1. The Morgan fingerprint density at radius 3 is 2.59 bits per heavy atom. The Hall–Kier alpha value is -3.45. The van der Waals surface area contributed by atoms with Crippen LogP contribution in [0.25, 0.3) is 22.4 Å². The van der Waals surface area contributed by atoms with Crippen LogP contribution in [0.4, 0.5) is 0 Å². The van der Waals surface area contributed by atoms with E-state index in [-0.39, 0.29) is 18.3 Å². The van der Waals surface area contributed by atoms with Gasteiger partial charge in [0, 0.05) is 23.6 Å². The van der Waals surface area contributed by atoms with Crippen LogP contribution in [0, 0.1) is 6.92 Å². The number of benzene rings is 2. The van der Waals surface area contributed by atoms with E-state index < -0.39 is 12.1 Å². The second-order valence-electron chi connectivity index (χ2n) is 6.70. The molecule has 0 saturated heterocycles. The van der Waals surface area contributed by atoms with E-state index in [1.807, 2.05) is 49.4 Å². The van der Waals surface area contributed by atoms with Crippen LogP contribution in [-0.2, 0) is 16.1 Å². The van der Waals surface area contributed by atoms with Crippen molar-refractivity contribution in [3.8, 4) is 11.5 Å². The van der Waals surface area contributed by atoms with E-state index in [0.717, 1.165) is 16.5 Å². The number of fused-ring (bicyclic) bond motifs is 1. The first-order valence-corrected chi connectivity index (χ1v) is 9.17. The number of hydrogen-bond acceptors (Lipinski definition) is 7. The van der Waals surface area contributed by atoms with Crippen LogP contribution in [0.3, 0.4) is 0 Å². The van der Waals surface area contributed by atoms with Crippen molar-refractivity contribution in [2.24, 2.45) is 0 Å². The maximum absolute atomic E-state index is 12.7. The molecular weight excluding hydrogens is 372 g/mol. The van der Waals surface area contributed by atoms with E-state index >= 15 is 0 Å². The highest BCUT2D eigenvalue weighted by Gasteiger charge is 2.26. The number of carbonyl (C=O) groups excluding carboxylic acids is 1.